The second-order valence-corrected chi connectivity index (χ2v) is 5.60. The summed E-state index contributed by atoms with van der Waals surface area (Å²) in [6.07, 6.45) is 3.58. The van der Waals surface area contributed by atoms with Gasteiger partial charge in [0.05, 0.1) is 25.3 Å². The first kappa shape index (κ1) is 26.9. The van der Waals surface area contributed by atoms with Crippen molar-refractivity contribution in [3.63, 3.8) is 0 Å². The first-order valence-corrected chi connectivity index (χ1v) is 8.53. The molecule has 0 aromatic carbocycles. The Morgan fingerprint density at radius 3 is 1.87 bits per heavy atom. The summed E-state index contributed by atoms with van der Waals surface area (Å²) >= 11 is 0. The molecule has 2 rings (SSSR count). The monoisotopic (exact) mass is 434 g/mol. The number of esters is 2. The summed E-state index contributed by atoms with van der Waals surface area (Å²) < 4.78 is 9.12. The van der Waals surface area contributed by atoms with Crippen LogP contribution in [0.25, 0.3) is 0 Å². The molecular formula is C20H22N2O9. The zero-order valence-electron chi connectivity index (χ0n) is 17.4. The molecule has 0 bridgehead atoms. The maximum atomic E-state index is 11.5. The van der Waals surface area contributed by atoms with E-state index in [9.17, 15) is 19.2 Å². The van der Waals surface area contributed by atoms with Crippen LogP contribution in [0.2, 0.25) is 0 Å². The van der Waals surface area contributed by atoms with Gasteiger partial charge >= 0.3 is 23.9 Å². The third-order valence-corrected chi connectivity index (χ3v) is 3.59. The van der Waals surface area contributed by atoms with Crippen molar-refractivity contribution >= 4 is 30.7 Å². The number of carboxylic acids is 2. The zero-order chi connectivity index (χ0) is 24.1. The average Bonchev–Trinajstić information content (AvgIpc) is 2.78. The van der Waals surface area contributed by atoms with Crippen molar-refractivity contribution in [2.75, 3.05) is 14.2 Å². The summed E-state index contributed by atoms with van der Waals surface area (Å²) in [5, 5.41) is 17.2. The van der Waals surface area contributed by atoms with Gasteiger partial charge in [0.15, 0.2) is 11.4 Å². The maximum absolute atomic E-state index is 11.5. The number of pyridine rings is 2. The molecule has 2 heterocycles. The van der Waals surface area contributed by atoms with Crippen LogP contribution in [0, 0.1) is 6.92 Å². The topological polar surface area (TPSA) is 170 Å². The summed E-state index contributed by atoms with van der Waals surface area (Å²) in [6, 6.07) is 2.86. The largest absolute Gasteiger partial charge is 0.478 e. The molecule has 2 aromatic rings. The Hall–Kier alpha value is -4.15. The van der Waals surface area contributed by atoms with Crippen LogP contribution in [0.5, 0.6) is 0 Å². The van der Waals surface area contributed by atoms with E-state index in [-0.39, 0.29) is 16.8 Å². The van der Waals surface area contributed by atoms with E-state index in [1.165, 1.54) is 26.5 Å². The van der Waals surface area contributed by atoms with Crippen LogP contribution in [0.4, 0.5) is 0 Å². The van der Waals surface area contributed by atoms with Gasteiger partial charge in [-0.2, -0.15) is 0 Å². The Bertz CT molecular complexity index is 958. The third kappa shape index (κ3) is 7.65. The Balaban J connectivity index is 0.000000547. The van der Waals surface area contributed by atoms with Gasteiger partial charge in [0.25, 0.3) is 0 Å². The quantitative estimate of drug-likeness (QED) is 0.658. The van der Waals surface area contributed by atoms with E-state index in [1.54, 1.807) is 19.2 Å². The molecule has 0 aliphatic rings. The van der Waals surface area contributed by atoms with Crippen molar-refractivity contribution in [3.05, 3.63) is 58.2 Å². The molecule has 2 N–H and O–H groups in total. The Morgan fingerprint density at radius 2 is 1.42 bits per heavy atom. The summed E-state index contributed by atoms with van der Waals surface area (Å²) in [5.74, 6) is -3.86. The van der Waals surface area contributed by atoms with Crippen molar-refractivity contribution in [3.8, 4) is 0 Å². The van der Waals surface area contributed by atoms with E-state index < -0.39 is 29.6 Å². The van der Waals surface area contributed by atoms with Crippen LogP contribution in [0.1, 0.15) is 59.7 Å². The van der Waals surface area contributed by atoms with Gasteiger partial charge in [0.2, 0.25) is 0 Å². The number of carbonyl (C=O) groups is 5. The fourth-order valence-electron chi connectivity index (χ4n) is 2.13. The Kier molecular flexibility index (Phi) is 11.4. The molecule has 166 valence electrons. The van der Waals surface area contributed by atoms with Gasteiger partial charge in [0, 0.05) is 12.4 Å². The summed E-state index contributed by atoms with van der Waals surface area (Å²) in [5.41, 5.74) is 0.862. The van der Waals surface area contributed by atoms with E-state index >= 15 is 0 Å². The number of nitrogens with zero attached hydrogens (tertiary/aromatic N) is 2. The molecule has 31 heavy (non-hydrogen) atoms. The fourth-order valence-corrected chi connectivity index (χ4v) is 2.13. The lowest BCUT2D eigenvalue weighted by atomic mass is 10.1. The number of carboxylic acid groups (broad SMARTS) is 2. The van der Waals surface area contributed by atoms with E-state index in [0.717, 1.165) is 12.0 Å². The number of ether oxygens (including phenoxy) is 2. The molecule has 0 spiro atoms. The molecule has 0 saturated carbocycles. The molecule has 2 aromatic heterocycles. The minimum absolute atomic E-state index is 0.0217. The van der Waals surface area contributed by atoms with Crippen LogP contribution in [-0.4, -0.2) is 65.1 Å². The molecule has 0 aliphatic carbocycles. The zero-order valence-corrected chi connectivity index (χ0v) is 17.4. The van der Waals surface area contributed by atoms with Crippen molar-refractivity contribution < 1.29 is 43.7 Å². The number of hydrogen-bond donors (Lipinski definition) is 2. The van der Waals surface area contributed by atoms with E-state index in [4.69, 9.17) is 15.0 Å². The standard InChI is InChI=1S/C11H13NO4.C8H7NO4.CH2O/c1-4-7-5-8(10(13)15-2)9(12-6-7)11(14)16-3;1-4-2-5(7(10)11)6(8(12)13)9-3-4;1-2/h5-6H,4H2,1-3H3;2-3H,1H3,(H,10,11)(H,12,13);1H2. The number of hydrogen-bond acceptors (Lipinski definition) is 9. The Labute approximate surface area is 177 Å². The summed E-state index contributed by atoms with van der Waals surface area (Å²) in [4.78, 5) is 59.3. The maximum Gasteiger partial charge on any atom is 0.357 e. The van der Waals surface area contributed by atoms with Gasteiger partial charge in [-0.1, -0.05) is 6.92 Å². The molecule has 0 fully saturated rings. The third-order valence-electron chi connectivity index (χ3n) is 3.59. The van der Waals surface area contributed by atoms with Crippen LogP contribution in [0.3, 0.4) is 0 Å². The fraction of sp³-hybridized carbons (Fsp3) is 0.250. The number of aromatic carboxylic acids is 2. The SMILES string of the molecule is C=O.CCc1cnc(C(=O)OC)c(C(=O)OC)c1.Cc1cnc(C(=O)O)c(C(=O)O)c1. The lowest BCUT2D eigenvalue weighted by Gasteiger charge is -2.06. The number of methoxy groups -OCH3 is 2. The first-order valence-electron chi connectivity index (χ1n) is 8.53. The molecule has 0 aliphatic heterocycles. The molecule has 0 radical (unpaired) electrons. The first-order chi connectivity index (χ1) is 14.7. The molecule has 11 nitrogen and oxygen atoms in total. The second kappa shape index (κ2) is 13.1. The van der Waals surface area contributed by atoms with Crippen molar-refractivity contribution in [1.82, 2.24) is 9.97 Å². The normalized spacial score (nSPS) is 9.16. The van der Waals surface area contributed by atoms with E-state index in [0.29, 0.717) is 5.56 Å². The lowest BCUT2D eigenvalue weighted by molar-refractivity contribution is -0.0980. The molecule has 0 atom stereocenters. The Morgan fingerprint density at radius 1 is 0.871 bits per heavy atom. The van der Waals surface area contributed by atoms with E-state index in [1.807, 2.05) is 13.7 Å². The second-order valence-electron chi connectivity index (χ2n) is 5.60. The summed E-state index contributed by atoms with van der Waals surface area (Å²) in [6.45, 7) is 5.57. The van der Waals surface area contributed by atoms with Gasteiger partial charge in [-0.05, 0) is 36.6 Å². The molecule has 0 saturated heterocycles. The van der Waals surface area contributed by atoms with Gasteiger partial charge in [-0.15, -0.1) is 0 Å². The number of aromatic nitrogens is 2. The minimum atomic E-state index is -1.34. The molecule has 0 amide bonds. The highest BCUT2D eigenvalue weighted by Gasteiger charge is 2.20. The van der Waals surface area contributed by atoms with E-state index in [2.05, 4.69) is 19.4 Å². The van der Waals surface area contributed by atoms with Crippen molar-refractivity contribution in [2.24, 2.45) is 0 Å². The van der Waals surface area contributed by atoms with Crippen molar-refractivity contribution in [2.45, 2.75) is 20.3 Å². The highest BCUT2D eigenvalue weighted by molar-refractivity contribution is 6.02. The van der Waals surface area contributed by atoms with Crippen LogP contribution >= 0.6 is 0 Å². The molecular weight excluding hydrogens is 412 g/mol. The number of rotatable bonds is 5. The summed E-state index contributed by atoms with van der Waals surface area (Å²) in [7, 11) is 2.49. The van der Waals surface area contributed by atoms with Gasteiger partial charge in [0.1, 0.15) is 6.79 Å². The van der Waals surface area contributed by atoms with Crippen LogP contribution in [-0.2, 0) is 20.7 Å². The predicted molar refractivity (Wildman–Crippen MR) is 106 cm³/mol. The van der Waals surface area contributed by atoms with Gasteiger partial charge in [-0.25, -0.2) is 29.1 Å². The lowest BCUT2D eigenvalue weighted by Crippen LogP contribution is -2.14. The van der Waals surface area contributed by atoms with Crippen LogP contribution in [0.15, 0.2) is 24.5 Å². The predicted octanol–water partition coefficient (Wildman–Crippen LogP) is 1.82. The average molecular weight is 434 g/mol. The molecule has 11 heteroatoms. The van der Waals surface area contributed by atoms with Crippen molar-refractivity contribution in [1.29, 1.82) is 0 Å². The minimum Gasteiger partial charge on any atom is -0.478 e. The smallest absolute Gasteiger partial charge is 0.357 e. The number of carbonyl (C=O) groups excluding carboxylic acids is 3. The molecule has 0 unspecified atom stereocenters. The van der Waals surface area contributed by atoms with Crippen LogP contribution < -0.4 is 0 Å². The highest BCUT2D eigenvalue weighted by atomic mass is 16.5. The van der Waals surface area contributed by atoms with Gasteiger partial charge < -0.3 is 24.5 Å². The van der Waals surface area contributed by atoms with Gasteiger partial charge in [-0.3, -0.25) is 0 Å². The highest BCUT2D eigenvalue weighted by Crippen LogP contribution is 2.12. The number of aryl methyl sites for hydroxylation is 2.